The minimum atomic E-state index is -0.287. The maximum Gasteiger partial charge on any atom is 0.268 e. The summed E-state index contributed by atoms with van der Waals surface area (Å²) in [6, 6.07) is 21.0. The van der Waals surface area contributed by atoms with E-state index >= 15 is 0 Å². The van der Waals surface area contributed by atoms with Gasteiger partial charge in [-0.15, -0.1) is 0 Å². The van der Waals surface area contributed by atoms with E-state index in [1.165, 1.54) is 16.1 Å². The minimum Gasteiger partial charge on any atom is -0.352 e. The molecule has 2 saturated heterocycles. The Labute approximate surface area is 170 Å². The summed E-state index contributed by atoms with van der Waals surface area (Å²) in [5, 5.41) is 13.2. The summed E-state index contributed by atoms with van der Waals surface area (Å²) >= 11 is 5.28. The van der Waals surface area contributed by atoms with Gasteiger partial charge in [-0.2, -0.15) is 10.1 Å². The Kier molecular flexibility index (Phi) is 5.00. The number of rotatable bonds is 3. The van der Waals surface area contributed by atoms with E-state index in [2.05, 4.69) is 60.9 Å². The van der Waals surface area contributed by atoms with Crippen LogP contribution >= 0.6 is 12.2 Å². The molecule has 2 aromatic rings. The minimum absolute atomic E-state index is 0.0608. The fourth-order valence-electron chi connectivity index (χ4n) is 3.96. The molecule has 4 rings (SSSR count). The summed E-state index contributed by atoms with van der Waals surface area (Å²) in [4.78, 5) is 12.2. The van der Waals surface area contributed by atoms with E-state index in [0.717, 1.165) is 5.71 Å². The van der Waals surface area contributed by atoms with Crippen molar-refractivity contribution in [2.75, 3.05) is 6.54 Å². The molecule has 0 bridgehead atoms. The molecule has 144 valence electrons. The number of hydrogen-bond donors (Lipinski definition) is 2. The second-order valence-corrected chi connectivity index (χ2v) is 8.20. The van der Waals surface area contributed by atoms with Crippen LogP contribution in [0.15, 0.2) is 65.8 Å². The predicted octanol–water partition coefficient (Wildman–Crippen LogP) is 3.56. The van der Waals surface area contributed by atoms with Gasteiger partial charge in [0.05, 0.1) is 6.54 Å². The van der Waals surface area contributed by atoms with Gasteiger partial charge in [-0.1, -0.05) is 74.5 Å². The lowest BCUT2D eigenvalue weighted by molar-refractivity contribution is -0.124. The first-order valence-corrected chi connectivity index (χ1v) is 9.92. The van der Waals surface area contributed by atoms with E-state index in [-0.39, 0.29) is 30.0 Å². The number of nitrogens with one attached hydrogen (secondary N) is 2. The summed E-state index contributed by atoms with van der Waals surface area (Å²) in [5.41, 5.74) is 3.09. The van der Waals surface area contributed by atoms with Crippen molar-refractivity contribution in [3.05, 3.63) is 71.8 Å². The van der Waals surface area contributed by atoms with Gasteiger partial charge in [0.15, 0.2) is 5.11 Å². The molecule has 2 aliphatic rings. The standard InChI is InChI=1S/C22H24N4OS/c1-22(2)18(25-26-19(27)14-23-21(26)28)13-17(15-9-5-3-6-10-15)24-20(22)16-11-7-4-8-12-16/h3-12,17,20,24H,13-14H2,1-2H3,(H,23,28)/b25-18+. The second-order valence-electron chi connectivity index (χ2n) is 7.81. The molecule has 28 heavy (non-hydrogen) atoms. The van der Waals surface area contributed by atoms with Gasteiger partial charge < -0.3 is 10.6 Å². The summed E-state index contributed by atoms with van der Waals surface area (Å²) in [7, 11) is 0. The van der Waals surface area contributed by atoms with Crippen LogP contribution in [0.1, 0.15) is 43.5 Å². The smallest absolute Gasteiger partial charge is 0.268 e. The van der Waals surface area contributed by atoms with Gasteiger partial charge in [-0.25, -0.2) is 0 Å². The number of hydrogen-bond acceptors (Lipinski definition) is 4. The zero-order valence-electron chi connectivity index (χ0n) is 16.1. The third-order valence-corrected chi connectivity index (χ3v) is 5.92. The van der Waals surface area contributed by atoms with Crippen molar-refractivity contribution in [2.24, 2.45) is 10.5 Å². The fraction of sp³-hybridized carbons (Fsp3) is 0.318. The first-order chi connectivity index (χ1) is 13.5. The fourth-order valence-corrected chi connectivity index (χ4v) is 4.17. The number of carbonyl (C=O) groups is 1. The Morgan fingerprint density at radius 3 is 2.21 bits per heavy atom. The molecule has 6 heteroatoms. The van der Waals surface area contributed by atoms with Gasteiger partial charge in [-0.3, -0.25) is 4.79 Å². The van der Waals surface area contributed by atoms with Crippen LogP contribution in [0.5, 0.6) is 0 Å². The van der Waals surface area contributed by atoms with Crippen molar-refractivity contribution in [1.29, 1.82) is 0 Å². The van der Waals surface area contributed by atoms with E-state index < -0.39 is 0 Å². The van der Waals surface area contributed by atoms with Gasteiger partial charge >= 0.3 is 0 Å². The van der Waals surface area contributed by atoms with Gasteiger partial charge in [0, 0.05) is 29.6 Å². The Hall–Kier alpha value is -2.57. The summed E-state index contributed by atoms with van der Waals surface area (Å²) in [6.07, 6.45) is 0.715. The van der Waals surface area contributed by atoms with Crippen molar-refractivity contribution < 1.29 is 4.79 Å². The molecule has 0 spiro atoms. The molecule has 2 aliphatic heterocycles. The summed E-state index contributed by atoms with van der Waals surface area (Å²) in [5.74, 6) is -0.112. The van der Waals surface area contributed by atoms with Crippen LogP contribution in [0.25, 0.3) is 0 Å². The lowest BCUT2D eigenvalue weighted by atomic mass is 9.70. The molecular formula is C22H24N4OS. The number of nitrogens with zero attached hydrogens (tertiary/aromatic N) is 2. The van der Waals surface area contributed by atoms with Crippen molar-refractivity contribution in [2.45, 2.75) is 32.4 Å². The van der Waals surface area contributed by atoms with Gasteiger partial charge in [0.1, 0.15) is 0 Å². The Balaban J connectivity index is 1.77. The number of amides is 1. The number of piperidine rings is 1. The third kappa shape index (κ3) is 3.45. The molecule has 5 nitrogen and oxygen atoms in total. The molecule has 2 atom stereocenters. The summed E-state index contributed by atoms with van der Waals surface area (Å²) < 4.78 is 0. The summed E-state index contributed by atoms with van der Waals surface area (Å²) in [6.45, 7) is 4.56. The molecule has 0 radical (unpaired) electrons. The predicted molar refractivity (Wildman–Crippen MR) is 115 cm³/mol. The largest absolute Gasteiger partial charge is 0.352 e. The lowest BCUT2D eigenvalue weighted by Crippen LogP contribution is -2.48. The number of carbonyl (C=O) groups excluding carboxylic acids is 1. The van der Waals surface area contributed by atoms with Crippen LogP contribution in [0.2, 0.25) is 0 Å². The van der Waals surface area contributed by atoms with Crippen LogP contribution < -0.4 is 10.6 Å². The quantitative estimate of drug-likeness (QED) is 0.785. The van der Waals surface area contributed by atoms with Crippen molar-refractivity contribution in [1.82, 2.24) is 15.6 Å². The van der Waals surface area contributed by atoms with E-state index in [0.29, 0.717) is 11.5 Å². The van der Waals surface area contributed by atoms with Crippen LogP contribution in [-0.4, -0.2) is 28.3 Å². The average molecular weight is 393 g/mol. The molecule has 2 fully saturated rings. The van der Waals surface area contributed by atoms with Gasteiger partial charge in [0.25, 0.3) is 5.91 Å². The highest BCUT2D eigenvalue weighted by molar-refractivity contribution is 7.80. The van der Waals surface area contributed by atoms with E-state index in [4.69, 9.17) is 17.3 Å². The Morgan fingerprint density at radius 2 is 1.64 bits per heavy atom. The molecule has 2 unspecified atom stereocenters. The third-order valence-electron chi connectivity index (χ3n) is 5.61. The molecule has 2 N–H and O–H groups in total. The lowest BCUT2D eigenvalue weighted by Gasteiger charge is -2.45. The van der Waals surface area contributed by atoms with Crippen molar-refractivity contribution in [3.63, 3.8) is 0 Å². The van der Waals surface area contributed by atoms with E-state index in [9.17, 15) is 4.79 Å². The maximum absolute atomic E-state index is 12.2. The van der Waals surface area contributed by atoms with Crippen LogP contribution in [0.4, 0.5) is 0 Å². The Morgan fingerprint density at radius 1 is 1.04 bits per heavy atom. The Bertz CT molecular complexity index is 895. The zero-order valence-corrected chi connectivity index (χ0v) is 16.9. The average Bonchev–Trinajstić information content (AvgIpc) is 3.02. The van der Waals surface area contributed by atoms with E-state index in [1.54, 1.807) is 0 Å². The number of benzene rings is 2. The first-order valence-electron chi connectivity index (χ1n) is 9.51. The molecule has 0 aromatic heterocycles. The highest BCUT2D eigenvalue weighted by atomic mass is 32.1. The van der Waals surface area contributed by atoms with Crippen LogP contribution in [0.3, 0.4) is 0 Å². The molecular weight excluding hydrogens is 368 g/mol. The molecule has 0 saturated carbocycles. The molecule has 0 aliphatic carbocycles. The molecule has 2 heterocycles. The second kappa shape index (κ2) is 7.45. The maximum atomic E-state index is 12.2. The topological polar surface area (TPSA) is 56.7 Å². The monoisotopic (exact) mass is 392 g/mol. The number of hydrazone groups is 1. The first kappa shape index (κ1) is 18.8. The zero-order chi connectivity index (χ0) is 19.7. The molecule has 1 amide bonds. The van der Waals surface area contributed by atoms with Crippen molar-refractivity contribution >= 4 is 28.9 Å². The highest BCUT2D eigenvalue weighted by Gasteiger charge is 2.43. The van der Waals surface area contributed by atoms with Crippen molar-refractivity contribution in [3.8, 4) is 0 Å². The normalized spacial score (nSPS) is 25.8. The van der Waals surface area contributed by atoms with E-state index in [1.807, 2.05) is 24.3 Å². The SMILES string of the molecule is CC1(C)/C(=N/N2C(=O)CNC2=S)CC(c2ccccc2)NC1c1ccccc1. The van der Waals surface area contributed by atoms with Crippen LogP contribution in [-0.2, 0) is 4.79 Å². The molecule has 2 aromatic carbocycles. The number of thiocarbonyl (C=S) groups is 1. The van der Waals surface area contributed by atoms with Crippen LogP contribution in [0, 0.1) is 5.41 Å². The highest BCUT2D eigenvalue weighted by Crippen LogP contribution is 2.43. The van der Waals surface area contributed by atoms with Gasteiger partial charge in [-0.05, 0) is 23.3 Å². The van der Waals surface area contributed by atoms with Gasteiger partial charge in [0.2, 0.25) is 0 Å².